The average molecular weight is 219 g/mol. The van der Waals surface area contributed by atoms with E-state index in [-0.39, 0.29) is 5.69 Å². The van der Waals surface area contributed by atoms with Crippen LogP contribution in [-0.4, -0.2) is 16.2 Å². The van der Waals surface area contributed by atoms with Crippen LogP contribution in [0.2, 0.25) is 5.02 Å². The molecular formula is C7H7ClN2O2S. The van der Waals surface area contributed by atoms with Gasteiger partial charge in [0.15, 0.2) is 0 Å². The number of rotatable bonds is 2. The van der Waals surface area contributed by atoms with E-state index in [9.17, 15) is 10.1 Å². The molecule has 0 radical (unpaired) electrons. The maximum Gasteiger partial charge on any atom is 0.292 e. The Morgan fingerprint density at radius 1 is 1.69 bits per heavy atom. The number of thioether (sulfide) groups is 1. The van der Waals surface area contributed by atoms with Crippen molar-refractivity contribution in [3.8, 4) is 0 Å². The summed E-state index contributed by atoms with van der Waals surface area (Å²) in [6.45, 7) is 1.61. The summed E-state index contributed by atoms with van der Waals surface area (Å²) in [6.07, 6.45) is 3.05. The van der Waals surface area contributed by atoms with Crippen LogP contribution in [0, 0.1) is 17.0 Å². The molecule has 0 aromatic carbocycles. The highest BCUT2D eigenvalue weighted by Crippen LogP contribution is 2.31. The van der Waals surface area contributed by atoms with Gasteiger partial charge in [-0.05, 0) is 13.2 Å². The van der Waals surface area contributed by atoms with Crippen molar-refractivity contribution in [3.63, 3.8) is 0 Å². The van der Waals surface area contributed by atoms with Gasteiger partial charge in [0.05, 0.1) is 9.95 Å². The van der Waals surface area contributed by atoms with Crippen LogP contribution in [0.25, 0.3) is 0 Å². The van der Waals surface area contributed by atoms with E-state index in [1.54, 1.807) is 6.92 Å². The Kier molecular flexibility index (Phi) is 3.11. The Balaban J connectivity index is 3.31. The van der Waals surface area contributed by atoms with E-state index >= 15 is 0 Å². The first kappa shape index (κ1) is 10.3. The minimum Gasteiger partial charge on any atom is -0.258 e. The highest BCUT2D eigenvalue weighted by atomic mass is 35.5. The van der Waals surface area contributed by atoms with Gasteiger partial charge >= 0.3 is 0 Å². The molecule has 0 spiro atoms. The molecule has 13 heavy (non-hydrogen) atoms. The van der Waals surface area contributed by atoms with Gasteiger partial charge in [0.2, 0.25) is 0 Å². The molecule has 0 N–H and O–H groups in total. The number of pyridine rings is 1. The predicted octanol–water partition coefficient (Wildman–Crippen LogP) is 2.67. The van der Waals surface area contributed by atoms with Crippen LogP contribution in [0.1, 0.15) is 5.56 Å². The molecule has 0 amide bonds. The van der Waals surface area contributed by atoms with Crippen LogP contribution in [0.4, 0.5) is 5.69 Å². The van der Waals surface area contributed by atoms with Crippen LogP contribution in [-0.2, 0) is 0 Å². The molecule has 1 rings (SSSR count). The minimum absolute atomic E-state index is 0.0391. The molecule has 0 saturated heterocycles. The molecule has 70 valence electrons. The van der Waals surface area contributed by atoms with Crippen molar-refractivity contribution < 1.29 is 4.92 Å². The molecule has 0 saturated carbocycles. The lowest BCUT2D eigenvalue weighted by Crippen LogP contribution is -1.95. The fraction of sp³-hybridized carbons (Fsp3) is 0.286. The van der Waals surface area contributed by atoms with E-state index in [1.165, 1.54) is 18.0 Å². The molecule has 1 aromatic rings. The molecule has 0 aliphatic heterocycles. The lowest BCUT2D eigenvalue weighted by Gasteiger charge is -2.02. The molecule has 0 atom stereocenters. The molecule has 4 nitrogen and oxygen atoms in total. The van der Waals surface area contributed by atoms with Crippen molar-refractivity contribution in [1.82, 2.24) is 4.98 Å². The van der Waals surface area contributed by atoms with Gasteiger partial charge in [-0.15, -0.1) is 11.8 Å². The van der Waals surface area contributed by atoms with E-state index in [1.807, 2.05) is 6.26 Å². The Bertz CT molecular complexity index is 357. The smallest absolute Gasteiger partial charge is 0.258 e. The monoisotopic (exact) mass is 218 g/mol. The molecule has 1 aromatic heterocycles. The number of hydrogen-bond acceptors (Lipinski definition) is 4. The first-order valence-electron chi connectivity index (χ1n) is 3.41. The van der Waals surface area contributed by atoms with E-state index in [4.69, 9.17) is 11.6 Å². The molecule has 6 heteroatoms. The number of aromatic nitrogens is 1. The maximum absolute atomic E-state index is 10.5. The molecule has 0 fully saturated rings. The zero-order chi connectivity index (χ0) is 10.0. The zero-order valence-corrected chi connectivity index (χ0v) is 8.65. The summed E-state index contributed by atoms with van der Waals surface area (Å²) in [5.41, 5.74) is 0.425. The average Bonchev–Trinajstić information content (AvgIpc) is 2.09. The van der Waals surface area contributed by atoms with E-state index in [0.717, 1.165) is 0 Å². The van der Waals surface area contributed by atoms with Gasteiger partial charge in [0, 0.05) is 5.56 Å². The third-order valence-electron chi connectivity index (χ3n) is 1.60. The Morgan fingerprint density at radius 2 is 2.31 bits per heavy atom. The normalized spacial score (nSPS) is 10.1. The number of nitrogens with zero attached hydrogens (tertiary/aromatic N) is 2. The largest absolute Gasteiger partial charge is 0.292 e. The molecule has 0 unspecified atom stereocenters. The van der Waals surface area contributed by atoms with Crippen LogP contribution in [0.5, 0.6) is 0 Å². The predicted molar refractivity (Wildman–Crippen MR) is 52.4 cm³/mol. The number of nitro groups is 1. The van der Waals surface area contributed by atoms with Crippen LogP contribution in [0.3, 0.4) is 0 Å². The quantitative estimate of drug-likeness (QED) is 0.435. The Labute approximate surface area is 84.5 Å². The van der Waals surface area contributed by atoms with Crippen molar-refractivity contribution in [1.29, 1.82) is 0 Å². The van der Waals surface area contributed by atoms with Gasteiger partial charge in [-0.25, -0.2) is 4.98 Å². The summed E-state index contributed by atoms with van der Waals surface area (Å²) >= 11 is 7.22. The maximum atomic E-state index is 10.5. The lowest BCUT2D eigenvalue weighted by molar-refractivity contribution is -0.385. The lowest BCUT2D eigenvalue weighted by atomic mass is 10.2. The van der Waals surface area contributed by atoms with E-state index in [0.29, 0.717) is 15.6 Å². The Morgan fingerprint density at radius 3 is 2.77 bits per heavy atom. The second kappa shape index (κ2) is 3.93. The van der Waals surface area contributed by atoms with Gasteiger partial charge in [-0.1, -0.05) is 11.6 Å². The van der Waals surface area contributed by atoms with Crippen LogP contribution < -0.4 is 0 Å². The number of halogens is 1. The fourth-order valence-electron chi connectivity index (χ4n) is 0.872. The summed E-state index contributed by atoms with van der Waals surface area (Å²) < 4.78 is 0. The van der Waals surface area contributed by atoms with Gasteiger partial charge in [-0.3, -0.25) is 10.1 Å². The third-order valence-corrected chi connectivity index (χ3v) is 2.87. The highest BCUT2D eigenvalue weighted by Gasteiger charge is 2.16. The van der Waals surface area contributed by atoms with Crippen molar-refractivity contribution in [3.05, 3.63) is 26.9 Å². The fourth-order valence-corrected chi connectivity index (χ4v) is 1.74. The molecule has 0 aliphatic carbocycles. The van der Waals surface area contributed by atoms with Crippen LogP contribution >= 0.6 is 23.4 Å². The Hall–Kier alpha value is -0.810. The SMILES string of the molecule is CSc1ncc([N+](=O)[O-])c(C)c1Cl. The van der Waals surface area contributed by atoms with E-state index < -0.39 is 4.92 Å². The van der Waals surface area contributed by atoms with Crippen molar-refractivity contribution >= 4 is 29.1 Å². The summed E-state index contributed by atoms with van der Waals surface area (Å²) in [5.74, 6) is 0. The molecule has 0 bridgehead atoms. The van der Waals surface area contributed by atoms with Gasteiger partial charge in [0.25, 0.3) is 5.69 Å². The van der Waals surface area contributed by atoms with Crippen LogP contribution in [0.15, 0.2) is 11.2 Å². The minimum atomic E-state index is -0.488. The first-order chi connectivity index (χ1) is 6.07. The van der Waals surface area contributed by atoms with Gasteiger partial charge < -0.3 is 0 Å². The molecule has 1 heterocycles. The first-order valence-corrected chi connectivity index (χ1v) is 5.01. The summed E-state index contributed by atoms with van der Waals surface area (Å²) in [5, 5.41) is 11.5. The van der Waals surface area contributed by atoms with E-state index in [2.05, 4.69) is 4.98 Å². The summed E-state index contributed by atoms with van der Waals surface area (Å²) in [7, 11) is 0. The highest BCUT2D eigenvalue weighted by molar-refractivity contribution is 7.98. The van der Waals surface area contributed by atoms with Crippen molar-refractivity contribution in [2.45, 2.75) is 11.9 Å². The third kappa shape index (κ3) is 1.92. The van der Waals surface area contributed by atoms with Gasteiger partial charge in [0.1, 0.15) is 11.2 Å². The molecular weight excluding hydrogens is 212 g/mol. The standard InChI is InChI=1S/C7H7ClN2O2S/c1-4-5(10(11)12)3-9-7(13-2)6(4)8/h3H,1-2H3. The molecule has 0 aliphatic rings. The number of hydrogen-bond donors (Lipinski definition) is 0. The van der Waals surface area contributed by atoms with Gasteiger partial charge in [-0.2, -0.15) is 0 Å². The van der Waals surface area contributed by atoms with Crippen molar-refractivity contribution in [2.75, 3.05) is 6.26 Å². The second-order valence-corrected chi connectivity index (χ2v) is 3.52. The summed E-state index contributed by atoms with van der Waals surface area (Å²) in [4.78, 5) is 13.9. The second-order valence-electron chi connectivity index (χ2n) is 2.35. The summed E-state index contributed by atoms with van der Waals surface area (Å²) in [6, 6.07) is 0. The topological polar surface area (TPSA) is 56.0 Å². The van der Waals surface area contributed by atoms with Crippen molar-refractivity contribution in [2.24, 2.45) is 0 Å². The zero-order valence-electron chi connectivity index (χ0n) is 7.07.